The summed E-state index contributed by atoms with van der Waals surface area (Å²) < 4.78 is 5.36. The number of anilines is 1. The Morgan fingerprint density at radius 3 is 2.38 bits per heavy atom. The smallest absolute Gasteiger partial charge is 0.230 e. The first-order valence-corrected chi connectivity index (χ1v) is 14.6. The second-order valence-electron chi connectivity index (χ2n) is 11.3. The maximum absolute atomic E-state index is 13.8. The summed E-state index contributed by atoms with van der Waals surface area (Å²) in [5.74, 6) is 1.83. The van der Waals surface area contributed by atoms with Gasteiger partial charge in [-0.15, -0.1) is 0 Å². The lowest BCUT2D eigenvalue weighted by molar-refractivity contribution is -0.123. The molecule has 2 unspecified atom stereocenters. The van der Waals surface area contributed by atoms with Crippen molar-refractivity contribution in [3.05, 3.63) is 71.3 Å². The summed E-state index contributed by atoms with van der Waals surface area (Å²) in [7, 11) is 1.72. The van der Waals surface area contributed by atoms with Gasteiger partial charge in [-0.3, -0.25) is 4.79 Å². The zero-order chi connectivity index (χ0) is 26.6. The summed E-state index contributed by atoms with van der Waals surface area (Å²) in [6.45, 7) is 9.61. The largest absolute Gasteiger partial charge is 0.378 e. The summed E-state index contributed by atoms with van der Waals surface area (Å²) in [4.78, 5) is 15.8. The third-order valence-corrected chi connectivity index (χ3v) is 8.07. The van der Waals surface area contributed by atoms with Gasteiger partial charge in [0, 0.05) is 18.7 Å². The Morgan fingerprint density at radius 1 is 1.03 bits per heavy atom. The van der Waals surface area contributed by atoms with Gasteiger partial charge in [-0.1, -0.05) is 101 Å². The summed E-state index contributed by atoms with van der Waals surface area (Å²) in [5.41, 5.74) is 4.66. The highest BCUT2D eigenvalue weighted by Crippen LogP contribution is 2.30. The summed E-state index contributed by atoms with van der Waals surface area (Å²) in [6.07, 6.45) is 14.8. The molecule has 0 aliphatic heterocycles. The maximum atomic E-state index is 13.8. The average Bonchev–Trinajstić information content (AvgIpc) is 2.93. The van der Waals surface area contributed by atoms with Crippen LogP contribution in [0.3, 0.4) is 0 Å². The van der Waals surface area contributed by atoms with Crippen LogP contribution in [0.1, 0.15) is 95.8 Å². The monoisotopic (exact) mass is 503 g/mol. The van der Waals surface area contributed by atoms with Gasteiger partial charge in [-0.2, -0.15) is 0 Å². The predicted octanol–water partition coefficient (Wildman–Crippen LogP) is 8.85. The average molecular weight is 504 g/mol. The van der Waals surface area contributed by atoms with Gasteiger partial charge in [-0.25, -0.2) is 0 Å². The van der Waals surface area contributed by atoms with Crippen molar-refractivity contribution in [2.24, 2.45) is 17.8 Å². The van der Waals surface area contributed by atoms with E-state index in [1.165, 1.54) is 36.8 Å². The summed E-state index contributed by atoms with van der Waals surface area (Å²) in [6, 6.07) is 17.4. The van der Waals surface area contributed by atoms with E-state index in [2.05, 4.69) is 81.5 Å². The molecule has 202 valence electrons. The van der Waals surface area contributed by atoms with Crippen LogP contribution in [-0.2, 0) is 22.5 Å². The quantitative estimate of drug-likeness (QED) is 0.273. The van der Waals surface area contributed by atoms with Crippen molar-refractivity contribution >= 4 is 17.7 Å². The highest BCUT2D eigenvalue weighted by atomic mass is 16.5. The highest BCUT2D eigenvalue weighted by Gasteiger charge is 2.27. The minimum absolute atomic E-state index is 0.0550. The molecule has 1 saturated carbocycles. The van der Waals surface area contributed by atoms with Gasteiger partial charge >= 0.3 is 0 Å². The molecular weight excluding hydrogens is 454 g/mol. The van der Waals surface area contributed by atoms with Crippen LogP contribution in [0.2, 0.25) is 0 Å². The van der Waals surface area contributed by atoms with Gasteiger partial charge in [-0.05, 0) is 73.3 Å². The van der Waals surface area contributed by atoms with Crippen molar-refractivity contribution < 1.29 is 9.53 Å². The molecule has 2 aromatic rings. The molecule has 0 aromatic heterocycles. The van der Waals surface area contributed by atoms with Crippen molar-refractivity contribution in [1.82, 2.24) is 0 Å². The third-order valence-electron chi connectivity index (χ3n) is 8.07. The van der Waals surface area contributed by atoms with E-state index < -0.39 is 0 Å². The van der Waals surface area contributed by atoms with E-state index in [1.807, 2.05) is 11.8 Å². The molecule has 0 bridgehead atoms. The molecule has 0 radical (unpaired) electrons. The topological polar surface area (TPSA) is 29.5 Å². The predicted molar refractivity (Wildman–Crippen MR) is 158 cm³/mol. The lowest BCUT2D eigenvalue weighted by atomic mass is 9.85. The second kappa shape index (κ2) is 15.1. The zero-order valence-corrected chi connectivity index (χ0v) is 23.9. The van der Waals surface area contributed by atoms with E-state index in [1.54, 1.807) is 7.11 Å². The molecule has 3 rings (SSSR count). The molecule has 2 aromatic carbocycles. The van der Waals surface area contributed by atoms with Crippen molar-refractivity contribution in [2.75, 3.05) is 12.0 Å². The Bertz CT molecular complexity index is 972. The fourth-order valence-electron chi connectivity index (χ4n) is 5.39. The van der Waals surface area contributed by atoms with Gasteiger partial charge in [0.25, 0.3) is 0 Å². The fraction of sp³-hybridized carbons (Fsp3) is 0.559. The van der Waals surface area contributed by atoms with Crippen LogP contribution in [0.4, 0.5) is 5.69 Å². The van der Waals surface area contributed by atoms with Crippen molar-refractivity contribution in [3.63, 3.8) is 0 Å². The number of hydrogen-bond acceptors (Lipinski definition) is 2. The fourth-order valence-corrected chi connectivity index (χ4v) is 5.39. The van der Waals surface area contributed by atoms with Crippen LogP contribution in [0.5, 0.6) is 0 Å². The SMILES string of the molecule is CCCCC(Cc1ccc(CN(C(=O)C2CCCCC2)c2cccc(/C=C/C(C)OC)c2)cc1)C(C)C. The van der Waals surface area contributed by atoms with E-state index in [9.17, 15) is 4.79 Å². The van der Waals surface area contributed by atoms with E-state index in [0.717, 1.165) is 49.3 Å². The molecule has 1 aliphatic rings. The van der Waals surface area contributed by atoms with Gasteiger partial charge in [0.05, 0.1) is 12.6 Å². The Labute approximate surface area is 226 Å². The van der Waals surface area contributed by atoms with Gasteiger partial charge in [0.1, 0.15) is 0 Å². The van der Waals surface area contributed by atoms with Crippen molar-refractivity contribution in [1.29, 1.82) is 0 Å². The number of nitrogens with zero attached hydrogens (tertiary/aromatic N) is 1. The normalized spacial score (nSPS) is 16.3. The van der Waals surface area contributed by atoms with Crippen LogP contribution in [0.25, 0.3) is 6.08 Å². The Balaban J connectivity index is 1.80. The molecule has 1 aliphatic carbocycles. The van der Waals surface area contributed by atoms with Crippen LogP contribution in [0, 0.1) is 17.8 Å². The molecule has 3 nitrogen and oxygen atoms in total. The van der Waals surface area contributed by atoms with E-state index in [-0.39, 0.29) is 17.9 Å². The Hall–Kier alpha value is -2.39. The lowest BCUT2D eigenvalue weighted by Crippen LogP contribution is -2.36. The standard InChI is InChI=1S/C34H49NO2/c1-6-7-13-32(26(2)3)23-29-19-21-30(22-20-29)25-35(34(36)31-14-9-8-10-15-31)33-16-11-12-28(24-33)18-17-27(4)37-5/h11-12,16-22,24,26-27,31-32H,6-10,13-15,23,25H2,1-5H3/b18-17+. The molecule has 0 spiro atoms. The lowest BCUT2D eigenvalue weighted by Gasteiger charge is -2.30. The number of hydrogen-bond donors (Lipinski definition) is 0. The molecule has 3 heteroatoms. The first kappa shape index (κ1) is 29.2. The maximum Gasteiger partial charge on any atom is 0.230 e. The Kier molecular flexibility index (Phi) is 11.9. The number of ether oxygens (including phenoxy) is 1. The number of amides is 1. The molecule has 1 fully saturated rings. The third kappa shape index (κ3) is 9.14. The number of benzene rings is 2. The van der Waals surface area contributed by atoms with Gasteiger partial charge < -0.3 is 9.64 Å². The summed E-state index contributed by atoms with van der Waals surface area (Å²) in [5, 5.41) is 0. The van der Waals surface area contributed by atoms with E-state index >= 15 is 0 Å². The number of methoxy groups -OCH3 is 1. The molecule has 0 N–H and O–H groups in total. The van der Waals surface area contributed by atoms with E-state index in [4.69, 9.17) is 4.74 Å². The van der Waals surface area contributed by atoms with Crippen LogP contribution in [-0.4, -0.2) is 19.1 Å². The van der Waals surface area contributed by atoms with Crippen molar-refractivity contribution in [3.8, 4) is 0 Å². The van der Waals surface area contributed by atoms with Crippen LogP contribution >= 0.6 is 0 Å². The number of carbonyl (C=O) groups is 1. The molecular formula is C34H49NO2. The van der Waals surface area contributed by atoms with Crippen LogP contribution < -0.4 is 4.90 Å². The molecule has 2 atom stereocenters. The first-order chi connectivity index (χ1) is 17.9. The first-order valence-electron chi connectivity index (χ1n) is 14.6. The minimum atomic E-state index is 0.0550. The number of carbonyl (C=O) groups excluding carboxylic acids is 1. The van der Waals surface area contributed by atoms with E-state index in [0.29, 0.717) is 12.5 Å². The minimum Gasteiger partial charge on any atom is -0.378 e. The zero-order valence-electron chi connectivity index (χ0n) is 23.9. The summed E-state index contributed by atoms with van der Waals surface area (Å²) >= 11 is 0. The van der Waals surface area contributed by atoms with Gasteiger partial charge in [0.2, 0.25) is 5.91 Å². The molecule has 37 heavy (non-hydrogen) atoms. The molecule has 0 heterocycles. The van der Waals surface area contributed by atoms with Crippen LogP contribution in [0.15, 0.2) is 54.6 Å². The molecule has 1 amide bonds. The van der Waals surface area contributed by atoms with Gasteiger partial charge in [0.15, 0.2) is 0 Å². The van der Waals surface area contributed by atoms with Crippen molar-refractivity contribution in [2.45, 2.75) is 98.1 Å². The Morgan fingerprint density at radius 2 is 1.73 bits per heavy atom. The highest BCUT2D eigenvalue weighted by molar-refractivity contribution is 5.95. The number of unbranched alkanes of at least 4 members (excludes halogenated alkanes) is 1. The second-order valence-corrected chi connectivity index (χ2v) is 11.3. The molecule has 0 saturated heterocycles. The number of rotatable bonds is 13.